The third-order valence-corrected chi connectivity index (χ3v) is 7.13. The molecule has 8 nitrogen and oxygen atoms in total. The van der Waals surface area contributed by atoms with Gasteiger partial charge in [-0.2, -0.15) is 0 Å². The fourth-order valence-electron chi connectivity index (χ4n) is 4.47. The summed E-state index contributed by atoms with van der Waals surface area (Å²) in [6, 6.07) is 16.9. The lowest BCUT2D eigenvalue weighted by Gasteiger charge is -2.19. The maximum atomic E-state index is 12.4. The number of anilines is 2. The molecule has 3 aromatic carbocycles. The van der Waals surface area contributed by atoms with E-state index in [1.807, 2.05) is 43.6 Å². The summed E-state index contributed by atoms with van der Waals surface area (Å²) >= 11 is 6.11. The predicted molar refractivity (Wildman–Crippen MR) is 156 cm³/mol. The summed E-state index contributed by atoms with van der Waals surface area (Å²) in [4.78, 5) is 31.1. The van der Waals surface area contributed by atoms with Gasteiger partial charge in [0.05, 0.1) is 24.9 Å². The zero-order valence-electron chi connectivity index (χ0n) is 22.5. The number of carbonyl (C=O) groups excluding carboxylic acids is 2. The second-order valence-electron chi connectivity index (χ2n) is 9.43. The van der Waals surface area contributed by atoms with Gasteiger partial charge in [-0.05, 0) is 61.3 Å². The summed E-state index contributed by atoms with van der Waals surface area (Å²) < 4.78 is 11.6. The van der Waals surface area contributed by atoms with Crippen LogP contribution < -0.4 is 25.0 Å². The highest BCUT2D eigenvalue weighted by Gasteiger charge is 2.24. The number of ether oxygens (including phenoxy) is 2. The largest absolute Gasteiger partial charge is 0.493 e. The van der Waals surface area contributed by atoms with Crippen LogP contribution in [0.1, 0.15) is 34.0 Å². The lowest BCUT2D eigenvalue weighted by Crippen LogP contribution is -2.35. The van der Waals surface area contributed by atoms with E-state index < -0.39 is 0 Å². The van der Waals surface area contributed by atoms with Crippen molar-refractivity contribution in [3.63, 3.8) is 0 Å². The summed E-state index contributed by atoms with van der Waals surface area (Å²) in [7, 11) is 5.29. The van der Waals surface area contributed by atoms with Gasteiger partial charge in [-0.3, -0.25) is 14.6 Å². The van der Waals surface area contributed by atoms with E-state index in [1.165, 1.54) is 18.4 Å². The third-order valence-electron chi connectivity index (χ3n) is 6.82. The zero-order chi connectivity index (χ0) is 27.9. The number of benzene rings is 3. The number of aliphatic imine (C=N–C) groups is 1. The van der Waals surface area contributed by atoms with Crippen LogP contribution in [0.3, 0.4) is 0 Å². The number of amides is 1. The van der Waals surface area contributed by atoms with E-state index >= 15 is 0 Å². The van der Waals surface area contributed by atoms with Gasteiger partial charge < -0.3 is 25.0 Å². The van der Waals surface area contributed by atoms with Crippen molar-refractivity contribution in [3.8, 4) is 11.5 Å². The molecule has 3 aromatic rings. The summed E-state index contributed by atoms with van der Waals surface area (Å²) in [5.74, 6) is 1.00. The summed E-state index contributed by atoms with van der Waals surface area (Å²) in [6.07, 6.45) is 3.47. The van der Waals surface area contributed by atoms with Crippen molar-refractivity contribution in [2.75, 3.05) is 31.4 Å². The average molecular weight is 549 g/mol. The van der Waals surface area contributed by atoms with E-state index in [4.69, 9.17) is 21.1 Å². The molecule has 0 spiro atoms. The molecule has 1 aliphatic heterocycles. The molecule has 4 rings (SSSR count). The minimum atomic E-state index is -0.345. The first-order valence-electron chi connectivity index (χ1n) is 12.7. The molecule has 0 radical (unpaired) electrons. The van der Waals surface area contributed by atoms with Gasteiger partial charge in [0.1, 0.15) is 6.61 Å². The summed E-state index contributed by atoms with van der Waals surface area (Å²) in [6.45, 7) is 1.97. The van der Waals surface area contributed by atoms with Crippen molar-refractivity contribution >= 4 is 47.1 Å². The number of para-hydroxylation sites is 1. The fourth-order valence-corrected chi connectivity index (χ4v) is 4.62. The van der Waals surface area contributed by atoms with Crippen molar-refractivity contribution in [2.24, 2.45) is 4.99 Å². The minimum Gasteiger partial charge on any atom is -0.493 e. The number of halogens is 1. The number of hydrogen-bond donors (Lipinski definition) is 2. The molecule has 39 heavy (non-hydrogen) atoms. The number of aldehydes is 1. The number of carbonyl (C=O) groups is 2. The zero-order valence-corrected chi connectivity index (χ0v) is 23.3. The van der Waals surface area contributed by atoms with Gasteiger partial charge in [-0.15, -0.1) is 11.6 Å². The molecule has 1 aliphatic rings. The monoisotopic (exact) mass is 548 g/mol. The number of nitrogens with one attached hydrogen (secondary N) is 2. The number of methoxy groups -OCH3 is 1. The van der Waals surface area contributed by atoms with Crippen LogP contribution in [0.5, 0.6) is 11.5 Å². The maximum absolute atomic E-state index is 12.4. The van der Waals surface area contributed by atoms with Crippen LogP contribution in [0.15, 0.2) is 59.6 Å². The van der Waals surface area contributed by atoms with Gasteiger partial charge in [0.15, 0.2) is 17.8 Å². The van der Waals surface area contributed by atoms with Crippen molar-refractivity contribution in [1.82, 2.24) is 5.32 Å². The van der Waals surface area contributed by atoms with Gasteiger partial charge in [0, 0.05) is 42.1 Å². The van der Waals surface area contributed by atoms with E-state index in [2.05, 4.69) is 32.7 Å². The van der Waals surface area contributed by atoms with Crippen LogP contribution >= 0.6 is 11.6 Å². The van der Waals surface area contributed by atoms with Crippen LogP contribution in [-0.2, 0) is 23.7 Å². The lowest BCUT2D eigenvalue weighted by molar-refractivity contribution is -0.117. The number of fused-ring (bicyclic) bond motifs is 1. The molecule has 1 heterocycles. The second kappa shape index (κ2) is 12.8. The van der Waals surface area contributed by atoms with E-state index in [1.54, 1.807) is 26.1 Å². The number of nitrogens with zero attached hydrogens (tertiary/aromatic N) is 2. The van der Waals surface area contributed by atoms with Crippen molar-refractivity contribution < 1.29 is 19.1 Å². The molecular weight excluding hydrogens is 516 g/mol. The summed E-state index contributed by atoms with van der Waals surface area (Å²) in [5, 5.41) is 5.83. The van der Waals surface area contributed by atoms with E-state index in [9.17, 15) is 9.59 Å². The first-order chi connectivity index (χ1) is 18.9. The maximum Gasteiger partial charge on any atom is 0.241 e. The Hall–Kier alpha value is -3.88. The first-order valence-corrected chi connectivity index (χ1v) is 13.2. The molecule has 0 fully saturated rings. The molecule has 0 bridgehead atoms. The highest BCUT2D eigenvalue weighted by atomic mass is 35.5. The topological polar surface area (TPSA) is 92.3 Å². The molecule has 0 saturated carbocycles. The number of rotatable bonds is 11. The second-order valence-corrected chi connectivity index (χ2v) is 9.70. The first kappa shape index (κ1) is 28.1. The van der Waals surface area contributed by atoms with Crippen molar-refractivity contribution in [2.45, 2.75) is 37.9 Å². The smallest absolute Gasteiger partial charge is 0.241 e. The van der Waals surface area contributed by atoms with Crippen LogP contribution in [0.4, 0.5) is 17.1 Å². The van der Waals surface area contributed by atoms with Gasteiger partial charge >= 0.3 is 0 Å². The highest BCUT2D eigenvalue weighted by molar-refractivity contribution is 6.17. The lowest BCUT2D eigenvalue weighted by atomic mass is 10.1. The molecule has 1 amide bonds. The number of alkyl halides is 1. The molecule has 2 atom stereocenters. The van der Waals surface area contributed by atoms with Crippen LogP contribution in [0, 0.1) is 0 Å². The quantitative estimate of drug-likeness (QED) is 0.196. The van der Waals surface area contributed by atoms with Crippen molar-refractivity contribution in [1.29, 1.82) is 0 Å². The molecule has 0 saturated heterocycles. The van der Waals surface area contributed by atoms with E-state index in [0.717, 1.165) is 23.8 Å². The molecule has 2 unspecified atom stereocenters. The Balaban J connectivity index is 1.55. The fraction of sp³-hybridized carbons (Fsp3) is 0.300. The Morgan fingerprint density at radius 3 is 2.64 bits per heavy atom. The summed E-state index contributed by atoms with van der Waals surface area (Å²) in [5.41, 5.74) is 5.64. The number of hydrogen-bond acceptors (Lipinski definition) is 7. The van der Waals surface area contributed by atoms with E-state index in [-0.39, 0.29) is 30.5 Å². The Morgan fingerprint density at radius 1 is 1.18 bits per heavy atom. The Labute approximate surface area is 234 Å². The van der Waals surface area contributed by atoms with Crippen molar-refractivity contribution in [3.05, 3.63) is 76.9 Å². The predicted octanol–water partition coefficient (Wildman–Crippen LogP) is 5.14. The minimum absolute atomic E-state index is 0.0749. The molecule has 2 N–H and O–H groups in total. The normalized spacial score (nSPS) is 15.2. The number of likely N-dealkylation sites (N-methyl/N-ethyl adjacent to an activating group) is 2. The molecule has 0 aromatic heterocycles. The van der Waals surface area contributed by atoms with E-state index in [0.29, 0.717) is 28.4 Å². The van der Waals surface area contributed by atoms with Gasteiger partial charge in [0.2, 0.25) is 5.91 Å². The molecule has 204 valence electrons. The van der Waals surface area contributed by atoms with Crippen LogP contribution in [0.25, 0.3) is 0 Å². The Morgan fingerprint density at radius 2 is 1.95 bits per heavy atom. The Bertz CT molecular complexity index is 1380. The average Bonchev–Trinajstić information content (AvgIpc) is 3.29. The molecule has 9 heteroatoms. The molecule has 0 aliphatic carbocycles. The van der Waals surface area contributed by atoms with Crippen LogP contribution in [0.2, 0.25) is 0 Å². The Kier molecular flexibility index (Phi) is 9.22. The standard InChI is InChI=1S/C30H33ClN4O4/c1-19(32-2)30(37)34-24-10-20(15-31)9-21(11-24)18-39-29-14-26(23(17-36)13-28(29)38-4)33-16-25-12-22-7-5-6-8-27(22)35(25)3/h5-11,13-14,16-17,19,25,32H,12,15,18H2,1-4H3,(H,34,37)/b33-16-. The van der Waals surface area contributed by atoms with Gasteiger partial charge in [0.25, 0.3) is 0 Å². The van der Waals surface area contributed by atoms with Gasteiger partial charge in [-0.1, -0.05) is 24.3 Å². The molecular formula is C30H33ClN4O4. The third kappa shape index (κ3) is 6.58. The highest BCUT2D eigenvalue weighted by Crippen LogP contribution is 2.36. The SMILES string of the molecule is CNC(C)C(=O)Nc1cc(CCl)cc(COc2cc(/N=C\C3Cc4ccccc4N3C)c(C=O)cc2OC)c1. The van der Waals surface area contributed by atoms with Gasteiger partial charge in [-0.25, -0.2) is 0 Å². The van der Waals surface area contributed by atoms with Crippen LogP contribution in [-0.4, -0.2) is 51.7 Å².